The zero-order valence-electron chi connectivity index (χ0n) is 12.2. The summed E-state index contributed by atoms with van der Waals surface area (Å²) in [7, 11) is 1.69. The van der Waals surface area contributed by atoms with Gasteiger partial charge in [0.15, 0.2) is 0 Å². The van der Waals surface area contributed by atoms with Gasteiger partial charge < -0.3 is 9.84 Å². The number of nitrogens with zero attached hydrogens (tertiary/aromatic N) is 1. The van der Waals surface area contributed by atoms with Gasteiger partial charge in [-0.05, 0) is 54.7 Å². The first-order valence-corrected chi connectivity index (χ1v) is 7.21. The molecular weight excluding hydrogens is 262 g/mol. The van der Waals surface area contributed by atoms with Crippen molar-refractivity contribution in [3.63, 3.8) is 0 Å². The third-order valence-electron chi connectivity index (χ3n) is 4.53. The molecule has 1 atom stereocenters. The van der Waals surface area contributed by atoms with Crippen LogP contribution in [0, 0.1) is 0 Å². The third kappa shape index (κ3) is 1.74. The molecule has 1 unspecified atom stereocenters. The van der Waals surface area contributed by atoms with Crippen molar-refractivity contribution in [2.75, 3.05) is 7.11 Å². The van der Waals surface area contributed by atoms with Gasteiger partial charge in [0.1, 0.15) is 11.4 Å². The van der Waals surface area contributed by atoms with E-state index >= 15 is 0 Å². The van der Waals surface area contributed by atoms with Crippen molar-refractivity contribution < 1.29 is 9.84 Å². The molecule has 2 aromatic rings. The maximum absolute atomic E-state index is 10.3. The van der Waals surface area contributed by atoms with Crippen molar-refractivity contribution in [3.8, 4) is 16.9 Å². The van der Waals surface area contributed by atoms with E-state index in [4.69, 9.17) is 4.74 Å². The molecule has 4 rings (SSSR count). The average molecular weight is 279 g/mol. The van der Waals surface area contributed by atoms with E-state index in [1.807, 2.05) is 24.4 Å². The Hall–Kier alpha value is -2.13. The van der Waals surface area contributed by atoms with Gasteiger partial charge >= 0.3 is 0 Å². The van der Waals surface area contributed by atoms with Crippen LogP contribution in [0.15, 0.2) is 30.5 Å². The highest BCUT2D eigenvalue weighted by Gasteiger charge is 2.32. The average Bonchev–Trinajstić information content (AvgIpc) is 2.82. The second kappa shape index (κ2) is 4.18. The first-order valence-electron chi connectivity index (χ1n) is 7.21. The Kier molecular flexibility index (Phi) is 2.51. The quantitative estimate of drug-likeness (QED) is 0.872. The second-order valence-corrected chi connectivity index (χ2v) is 5.92. The van der Waals surface area contributed by atoms with Crippen molar-refractivity contribution in [1.29, 1.82) is 0 Å². The summed E-state index contributed by atoms with van der Waals surface area (Å²) in [6.07, 6.45) is 7.71. The molecule has 0 saturated carbocycles. The van der Waals surface area contributed by atoms with Crippen LogP contribution < -0.4 is 4.74 Å². The van der Waals surface area contributed by atoms with Crippen LogP contribution in [0.4, 0.5) is 0 Å². The van der Waals surface area contributed by atoms with Crippen LogP contribution in [0.3, 0.4) is 0 Å². The molecule has 106 valence electrons. The maximum Gasteiger partial charge on any atom is 0.123 e. The van der Waals surface area contributed by atoms with Gasteiger partial charge in [-0.15, -0.1) is 0 Å². The molecule has 2 aliphatic carbocycles. The highest BCUT2D eigenvalue weighted by Crippen LogP contribution is 2.42. The summed E-state index contributed by atoms with van der Waals surface area (Å²) in [6.45, 7) is 1.79. The summed E-state index contributed by atoms with van der Waals surface area (Å²) in [5.74, 6) is 0.897. The number of aryl methyl sites for hydroxylation is 1. The van der Waals surface area contributed by atoms with Gasteiger partial charge in [0.25, 0.3) is 0 Å². The van der Waals surface area contributed by atoms with Gasteiger partial charge in [0, 0.05) is 17.3 Å². The molecule has 3 nitrogen and oxygen atoms in total. The summed E-state index contributed by atoms with van der Waals surface area (Å²) in [5.41, 5.74) is 5.94. The number of aromatic nitrogens is 1. The Morgan fingerprint density at radius 1 is 1.24 bits per heavy atom. The van der Waals surface area contributed by atoms with Crippen LogP contribution in [0.2, 0.25) is 0 Å². The molecule has 1 heterocycles. The Balaban J connectivity index is 1.92. The molecule has 3 heteroatoms. The van der Waals surface area contributed by atoms with E-state index in [2.05, 4.69) is 17.1 Å². The number of aliphatic hydroxyl groups is 1. The summed E-state index contributed by atoms with van der Waals surface area (Å²) in [5, 5.41) is 10.3. The number of hydrogen-bond donors (Lipinski definition) is 1. The van der Waals surface area contributed by atoms with Gasteiger partial charge in [0.05, 0.1) is 12.8 Å². The lowest BCUT2D eigenvalue weighted by atomic mass is 9.83. The van der Waals surface area contributed by atoms with E-state index in [9.17, 15) is 5.11 Å². The second-order valence-electron chi connectivity index (χ2n) is 5.92. The molecule has 21 heavy (non-hydrogen) atoms. The predicted molar refractivity (Wildman–Crippen MR) is 82.2 cm³/mol. The van der Waals surface area contributed by atoms with Crippen LogP contribution in [-0.2, 0) is 18.4 Å². The number of methoxy groups -OCH3 is 1. The van der Waals surface area contributed by atoms with Gasteiger partial charge in [-0.2, -0.15) is 0 Å². The molecule has 0 spiro atoms. The predicted octanol–water partition coefficient (Wildman–Crippen LogP) is 3.09. The number of fused-ring (bicyclic) bond motifs is 5. The minimum atomic E-state index is -0.940. The van der Waals surface area contributed by atoms with E-state index in [0.717, 1.165) is 29.8 Å². The Morgan fingerprint density at radius 2 is 2.10 bits per heavy atom. The highest BCUT2D eigenvalue weighted by molar-refractivity contribution is 5.79. The molecular formula is C18H17NO2. The van der Waals surface area contributed by atoms with E-state index in [0.29, 0.717) is 0 Å². The summed E-state index contributed by atoms with van der Waals surface area (Å²) in [6, 6.07) is 6.21. The Morgan fingerprint density at radius 3 is 2.90 bits per heavy atom. The van der Waals surface area contributed by atoms with E-state index in [1.165, 1.54) is 22.3 Å². The minimum Gasteiger partial charge on any atom is -0.497 e. The highest BCUT2D eigenvalue weighted by atomic mass is 16.5. The van der Waals surface area contributed by atoms with E-state index < -0.39 is 5.60 Å². The Labute approximate surface area is 123 Å². The smallest absolute Gasteiger partial charge is 0.123 e. The van der Waals surface area contributed by atoms with Gasteiger partial charge in [-0.3, -0.25) is 4.98 Å². The first kappa shape index (κ1) is 12.6. The van der Waals surface area contributed by atoms with E-state index in [1.54, 1.807) is 14.0 Å². The van der Waals surface area contributed by atoms with Gasteiger partial charge in [-0.1, -0.05) is 12.1 Å². The van der Waals surface area contributed by atoms with Crippen LogP contribution >= 0.6 is 0 Å². The summed E-state index contributed by atoms with van der Waals surface area (Å²) in [4.78, 5) is 4.52. The molecule has 0 amide bonds. The number of rotatable bonds is 1. The van der Waals surface area contributed by atoms with Crippen molar-refractivity contribution in [2.45, 2.75) is 25.4 Å². The van der Waals surface area contributed by atoms with Crippen LogP contribution in [-0.4, -0.2) is 17.2 Å². The number of hydrogen-bond acceptors (Lipinski definition) is 3. The van der Waals surface area contributed by atoms with Crippen molar-refractivity contribution in [1.82, 2.24) is 4.98 Å². The summed E-state index contributed by atoms with van der Waals surface area (Å²) < 4.78 is 5.31. The Bertz CT molecular complexity index is 775. The van der Waals surface area contributed by atoms with Crippen LogP contribution in [0.25, 0.3) is 17.2 Å². The fourth-order valence-electron chi connectivity index (χ4n) is 3.40. The monoisotopic (exact) mass is 279 g/mol. The fraction of sp³-hybridized carbons (Fsp3) is 0.278. The maximum atomic E-state index is 10.3. The van der Waals surface area contributed by atoms with Gasteiger partial charge in [-0.25, -0.2) is 0 Å². The molecule has 0 saturated heterocycles. The zero-order valence-corrected chi connectivity index (χ0v) is 12.2. The van der Waals surface area contributed by atoms with Crippen molar-refractivity contribution >= 4 is 6.08 Å². The molecule has 0 radical (unpaired) electrons. The third-order valence-corrected chi connectivity index (χ3v) is 4.53. The largest absolute Gasteiger partial charge is 0.497 e. The lowest BCUT2D eigenvalue weighted by Gasteiger charge is -2.24. The van der Waals surface area contributed by atoms with E-state index in [-0.39, 0.29) is 0 Å². The molecule has 0 bridgehead atoms. The fourth-order valence-corrected chi connectivity index (χ4v) is 3.40. The molecule has 2 aliphatic rings. The van der Waals surface area contributed by atoms with Crippen LogP contribution in [0.1, 0.15) is 29.3 Å². The normalized spacial score (nSPS) is 21.7. The first-order chi connectivity index (χ1) is 10.1. The molecule has 0 fully saturated rings. The zero-order chi connectivity index (χ0) is 14.6. The SMILES string of the molecule is COc1ccc2c(c1)CCc1c-2cnc2c1C=CC2(C)O. The van der Waals surface area contributed by atoms with Crippen molar-refractivity contribution in [2.24, 2.45) is 0 Å². The lowest BCUT2D eigenvalue weighted by molar-refractivity contribution is 0.110. The molecule has 0 aliphatic heterocycles. The van der Waals surface area contributed by atoms with Crippen molar-refractivity contribution in [3.05, 3.63) is 52.9 Å². The van der Waals surface area contributed by atoms with Gasteiger partial charge in [0.2, 0.25) is 0 Å². The molecule has 1 N–H and O–H groups in total. The van der Waals surface area contributed by atoms with Crippen LogP contribution in [0.5, 0.6) is 5.75 Å². The molecule has 1 aromatic carbocycles. The summed E-state index contributed by atoms with van der Waals surface area (Å²) >= 11 is 0. The standard InChI is InChI=1S/C18H17NO2/c1-18(20)8-7-15-14-5-3-11-9-12(21-2)4-6-13(11)16(14)10-19-17(15)18/h4,6-10,20H,3,5H2,1-2H3. The number of ether oxygens (including phenoxy) is 1. The number of pyridine rings is 1. The molecule has 1 aromatic heterocycles. The minimum absolute atomic E-state index is 0.776. The lowest BCUT2D eigenvalue weighted by Crippen LogP contribution is -2.19. The topological polar surface area (TPSA) is 42.4 Å². The number of benzene rings is 1.